The Bertz CT molecular complexity index is 507. The van der Waals surface area contributed by atoms with Crippen molar-refractivity contribution in [2.24, 2.45) is 5.73 Å². The molecule has 2 aromatic rings. The van der Waals surface area contributed by atoms with Crippen molar-refractivity contribution in [1.82, 2.24) is 9.88 Å². The summed E-state index contributed by atoms with van der Waals surface area (Å²) >= 11 is 1.79. The van der Waals surface area contributed by atoms with E-state index < -0.39 is 0 Å². The van der Waals surface area contributed by atoms with Crippen LogP contribution in [0.5, 0.6) is 0 Å². The zero-order chi connectivity index (χ0) is 13.8. The van der Waals surface area contributed by atoms with Crippen molar-refractivity contribution in [3.8, 4) is 0 Å². The van der Waals surface area contributed by atoms with Gasteiger partial charge in [0, 0.05) is 29.9 Å². The number of likely N-dealkylation sites (N-methyl/N-ethyl adjacent to an activating group) is 1. The molecule has 0 spiro atoms. The topological polar surface area (TPSA) is 42.1 Å². The van der Waals surface area contributed by atoms with Crippen LogP contribution < -0.4 is 5.73 Å². The molecule has 102 valence electrons. The predicted octanol–water partition coefficient (Wildman–Crippen LogP) is 2.97. The summed E-state index contributed by atoms with van der Waals surface area (Å²) in [5, 5.41) is 2.14. The molecule has 2 aromatic heterocycles. The normalized spacial score (nSPS) is 14.6. The predicted molar refractivity (Wildman–Crippen MR) is 81.2 cm³/mol. The van der Waals surface area contributed by atoms with Crippen molar-refractivity contribution in [3.63, 3.8) is 0 Å². The standard InChI is InChI=1S/C15H21N3S/c1-11-6-8-19-15(11)14(12(2)16)18(3)10-13-5-4-7-17-9-13/h4-9,12,14H,10,16H2,1-3H3. The number of hydrogen-bond acceptors (Lipinski definition) is 4. The van der Waals surface area contributed by atoms with Crippen LogP contribution in [0.4, 0.5) is 0 Å². The maximum Gasteiger partial charge on any atom is 0.0593 e. The van der Waals surface area contributed by atoms with E-state index in [1.54, 1.807) is 17.5 Å². The average Bonchev–Trinajstić information content (AvgIpc) is 2.77. The zero-order valence-electron chi connectivity index (χ0n) is 11.7. The lowest BCUT2D eigenvalue weighted by Gasteiger charge is -2.31. The number of rotatable bonds is 5. The fourth-order valence-corrected chi connectivity index (χ4v) is 3.61. The zero-order valence-corrected chi connectivity index (χ0v) is 12.5. The summed E-state index contributed by atoms with van der Waals surface area (Å²) in [6.07, 6.45) is 3.71. The van der Waals surface area contributed by atoms with Crippen LogP contribution >= 0.6 is 11.3 Å². The molecule has 4 heteroatoms. The summed E-state index contributed by atoms with van der Waals surface area (Å²) in [5.74, 6) is 0. The van der Waals surface area contributed by atoms with E-state index in [-0.39, 0.29) is 12.1 Å². The number of aromatic nitrogens is 1. The first-order chi connectivity index (χ1) is 9.09. The van der Waals surface area contributed by atoms with Gasteiger partial charge >= 0.3 is 0 Å². The summed E-state index contributed by atoms with van der Waals surface area (Å²) in [5.41, 5.74) is 8.74. The molecular formula is C15H21N3S. The Balaban J connectivity index is 2.18. The molecule has 0 aliphatic rings. The highest BCUT2D eigenvalue weighted by molar-refractivity contribution is 7.10. The number of nitrogens with zero attached hydrogens (tertiary/aromatic N) is 2. The Kier molecular flexibility index (Phi) is 4.69. The molecule has 0 radical (unpaired) electrons. The third-order valence-corrected chi connectivity index (χ3v) is 4.39. The molecule has 0 aromatic carbocycles. The van der Waals surface area contributed by atoms with Gasteiger partial charge in [0.1, 0.15) is 0 Å². The van der Waals surface area contributed by atoms with E-state index in [2.05, 4.69) is 48.3 Å². The molecule has 0 bridgehead atoms. The van der Waals surface area contributed by atoms with Gasteiger partial charge in [0.25, 0.3) is 0 Å². The molecule has 2 rings (SSSR count). The highest BCUT2D eigenvalue weighted by Crippen LogP contribution is 2.30. The van der Waals surface area contributed by atoms with Crippen LogP contribution in [0.25, 0.3) is 0 Å². The summed E-state index contributed by atoms with van der Waals surface area (Å²) in [7, 11) is 2.13. The SMILES string of the molecule is Cc1ccsc1C(C(C)N)N(C)Cc1cccnc1. The van der Waals surface area contributed by atoms with E-state index in [9.17, 15) is 0 Å². The van der Waals surface area contributed by atoms with E-state index >= 15 is 0 Å². The van der Waals surface area contributed by atoms with Crippen molar-refractivity contribution in [2.75, 3.05) is 7.05 Å². The van der Waals surface area contributed by atoms with Crippen LogP contribution in [0.15, 0.2) is 36.0 Å². The Morgan fingerprint density at radius 3 is 2.74 bits per heavy atom. The smallest absolute Gasteiger partial charge is 0.0593 e. The fraction of sp³-hybridized carbons (Fsp3) is 0.400. The van der Waals surface area contributed by atoms with Crippen molar-refractivity contribution in [2.45, 2.75) is 32.5 Å². The Morgan fingerprint density at radius 2 is 2.21 bits per heavy atom. The summed E-state index contributed by atoms with van der Waals surface area (Å²) in [6.45, 7) is 5.08. The Hall–Kier alpha value is -1.23. The molecule has 0 aliphatic heterocycles. The lowest BCUT2D eigenvalue weighted by Crippen LogP contribution is -2.36. The van der Waals surface area contributed by atoms with Gasteiger partial charge in [-0.1, -0.05) is 6.07 Å². The molecular weight excluding hydrogens is 254 g/mol. The molecule has 0 fully saturated rings. The largest absolute Gasteiger partial charge is 0.326 e. The second kappa shape index (κ2) is 6.28. The minimum absolute atomic E-state index is 0.0963. The Morgan fingerprint density at radius 1 is 1.42 bits per heavy atom. The van der Waals surface area contributed by atoms with Crippen LogP contribution in [0, 0.1) is 6.92 Å². The van der Waals surface area contributed by atoms with Gasteiger partial charge in [-0.3, -0.25) is 9.88 Å². The third-order valence-electron chi connectivity index (χ3n) is 3.30. The number of hydrogen-bond donors (Lipinski definition) is 1. The number of thiophene rings is 1. The number of aryl methyl sites for hydroxylation is 1. The second-order valence-electron chi connectivity index (χ2n) is 5.05. The molecule has 0 saturated carbocycles. The van der Waals surface area contributed by atoms with Gasteiger partial charge < -0.3 is 5.73 Å². The molecule has 0 saturated heterocycles. The maximum atomic E-state index is 6.20. The van der Waals surface area contributed by atoms with Crippen molar-refractivity contribution in [1.29, 1.82) is 0 Å². The maximum absolute atomic E-state index is 6.20. The van der Waals surface area contributed by atoms with Crippen LogP contribution in [0.2, 0.25) is 0 Å². The molecule has 2 unspecified atom stereocenters. The van der Waals surface area contributed by atoms with Gasteiger partial charge in [-0.2, -0.15) is 0 Å². The van der Waals surface area contributed by atoms with Gasteiger partial charge in [-0.25, -0.2) is 0 Å². The minimum atomic E-state index is 0.0963. The van der Waals surface area contributed by atoms with Gasteiger partial charge in [-0.15, -0.1) is 11.3 Å². The molecule has 0 aliphatic carbocycles. The average molecular weight is 275 g/mol. The van der Waals surface area contributed by atoms with E-state index in [4.69, 9.17) is 5.73 Å². The lowest BCUT2D eigenvalue weighted by atomic mass is 10.0. The summed E-state index contributed by atoms with van der Waals surface area (Å²) in [6, 6.07) is 6.58. The molecule has 19 heavy (non-hydrogen) atoms. The fourth-order valence-electron chi connectivity index (χ4n) is 2.41. The van der Waals surface area contributed by atoms with Gasteiger partial charge in [0.15, 0.2) is 0 Å². The van der Waals surface area contributed by atoms with Gasteiger partial charge in [-0.05, 0) is 49.5 Å². The quantitative estimate of drug-likeness (QED) is 0.912. The number of nitrogens with two attached hydrogens (primary N) is 1. The second-order valence-corrected chi connectivity index (χ2v) is 6.00. The lowest BCUT2D eigenvalue weighted by molar-refractivity contribution is 0.213. The monoisotopic (exact) mass is 275 g/mol. The van der Waals surface area contributed by atoms with E-state index in [1.165, 1.54) is 16.0 Å². The third kappa shape index (κ3) is 3.41. The minimum Gasteiger partial charge on any atom is -0.326 e. The Labute approximate surface area is 119 Å². The molecule has 2 atom stereocenters. The molecule has 3 nitrogen and oxygen atoms in total. The highest BCUT2D eigenvalue weighted by Gasteiger charge is 2.23. The highest BCUT2D eigenvalue weighted by atomic mass is 32.1. The van der Waals surface area contributed by atoms with Crippen molar-refractivity contribution < 1.29 is 0 Å². The van der Waals surface area contributed by atoms with Crippen molar-refractivity contribution in [3.05, 3.63) is 52.0 Å². The van der Waals surface area contributed by atoms with Crippen LogP contribution in [0.3, 0.4) is 0 Å². The molecule has 0 amide bonds. The first kappa shape index (κ1) is 14.2. The number of pyridine rings is 1. The first-order valence-electron chi connectivity index (χ1n) is 6.48. The molecule has 2 heterocycles. The van der Waals surface area contributed by atoms with Crippen LogP contribution in [0.1, 0.15) is 29.0 Å². The van der Waals surface area contributed by atoms with E-state index in [1.807, 2.05) is 12.3 Å². The first-order valence-corrected chi connectivity index (χ1v) is 7.36. The van der Waals surface area contributed by atoms with E-state index in [0.29, 0.717) is 0 Å². The van der Waals surface area contributed by atoms with Crippen LogP contribution in [-0.4, -0.2) is 23.0 Å². The van der Waals surface area contributed by atoms with Gasteiger partial charge in [0.05, 0.1) is 6.04 Å². The summed E-state index contributed by atoms with van der Waals surface area (Å²) in [4.78, 5) is 7.84. The van der Waals surface area contributed by atoms with Gasteiger partial charge in [0.2, 0.25) is 0 Å². The van der Waals surface area contributed by atoms with E-state index in [0.717, 1.165) is 6.54 Å². The van der Waals surface area contributed by atoms with Crippen LogP contribution in [-0.2, 0) is 6.54 Å². The summed E-state index contributed by atoms with van der Waals surface area (Å²) < 4.78 is 0. The molecule has 2 N–H and O–H groups in total. The van der Waals surface area contributed by atoms with Crippen molar-refractivity contribution >= 4 is 11.3 Å².